The van der Waals surface area contributed by atoms with E-state index in [0.29, 0.717) is 5.92 Å². The fourth-order valence-electron chi connectivity index (χ4n) is 2.95. The zero-order valence-corrected chi connectivity index (χ0v) is 11.7. The van der Waals surface area contributed by atoms with Gasteiger partial charge in [0, 0.05) is 17.3 Å². The van der Waals surface area contributed by atoms with Crippen molar-refractivity contribution in [2.24, 2.45) is 5.73 Å². The minimum Gasteiger partial charge on any atom is -0.330 e. The zero-order chi connectivity index (χ0) is 13.0. The fourth-order valence-corrected chi connectivity index (χ4v) is 2.95. The van der Waals surface area contributed by atoms with Crippen molar-refractivity contribution in [3.05, 3.63) is 22.8 Å². The predicted molar refractivity (Wildman–Crippen MR) is 74.7 cm³/mol. The maximum absolute atomic E-state index is 5.58. The maximum atomic E-state index is 5.58. The molecule has 0 amide bonds. The molecule has 2 N–H and O–H groups in total. The van der Waals surface area contributed by atoms with Crippen molar-refractivity contribution in [2.75, 3.05) is 6.54 Å². The molecular weight excluding hydrogens is 222 g/mol. The van der Waals surface area contributed by atoms with Crippen molar-refractivity contribution in [1.29, 1.82) is 0 Å². The molecule has 100 valence electrons. The lowest BCUT2D eigenvalue weighted by atomic mass is 9.88. The number of aromatic nitrogens is 2. The Morgan fingerprint density at radius 2 is 1.67 bits per heavy atom. The predicted octanol–water partition coefficient (Wildman–Crippen LogP) is 3.03. The topological polar surface area (TPSA) is 51.8 Å². The highest BCUT2D eigenvalue weighted by molar-refractivity contribution is 5.25. The third kappa shape index (κ3) is 3.08. The number of rotatable bonds is 4. The van der Waals surface area contributed by atoms with Crippen LogP contribution in [0.4, 0.5) is 0 Å². The van der Waals surface area contributed by atoms with Crippen molar-refractivity contribution in [2.45, 2.75) is 64.7 Å². The lowest BCUT2D eigenvalue weighted by Gasteiger charge is -2.21. The molecule has 18 heavy (non-hydrogen) atoms. The van der Waals surface area contributed by atoms with Gasteiger partial charge in [-0.3, -0.25) is 0 Å². The summed E-state index contributed by atoms with van der Waals surface area (Å²) in [6.07, 6.45) is 8.61. The molecule has 0 spiro atoms. The van der Waals surface area contributed by atoms with E-state index < -0.39 is 0 Å². The molecule has 0 atom stereocenters. The van der Waals surface area contributed by atoms with Gasteiger partial charge >= 0.3 is 0 Å². The van der Waals surface area contributed by atoms with Gasteiger partial charge in [-0.05, 0) is 51.6 Å². The molecule has 1 saturated carbocycles. The largest absolute Gasteiger partial charge is 0.330 e. The Morgan fingerprint density at radius 3 is 2.22 bits per heavy atom. The van der Waals surface area contributed by atoms with Gasteiger partial charge < -0.3 is 5.73 Å². The fraction of sp³-hybridized carbons (Fsp3) is 0.733. The molecule has 0 bridgehead atoms. The highest BCUT2D eigenvalue weighted by atomic mass is 14.9. The minimum absolute atomic E-state index is 0.597. The summed E-state index contributed by atoms with van der Waals surface area (Å²) < 4.78 is 0. The average molecular weight is 247 g/mol. The van der Waals surface area contributed by atoms with Gasteiger partial charge in [0.15, 0.2) is 0 Å². The van der Waals surface area contributed by atoms with Crippen LogP contribution in [-0.4, -0.2) is 16.5 Å². The first-order valence-corrected chi connectivity index (χ1v) is 7.26. The number of aryl methyl sites for hydroxylation is 2. The van der Waals surface area contributed by atoms with E-state index in [1.54, 1.807) is 0 Å². The van der Waals surface area contributed by atoms with Gasteiger partial charge in [-0.25, -0.2) is 9.97 Å². The van der Waals surface area contributed by atoms with Crippen LogP contribution in [-0.2, 0) is 6.42 Å². The number of hydrogen-bond acceptors (Lipinski definition) is 3. The Hall–Kier alpha value is -0.960. The second-order valence-corrected chi connectivity index (χ2v) is 5.46. The van der Waals surface area contributed by atoms with Gasteiger partial charge in [-0.1, -0.05) is 19.3 Å². The second-order valence-electron chi connectivity index (χ2n) is 5.46. The lowest BCUT2D eigenvalue weighted by molar-refractivity contribution is 0.427. The molecular formula is C15H25N3. The van der Waals surface area contributed by atoms with Crippen LogP contribution in [0, 0.1) is 13.8 Å². The van der Waals surface area contributed by atoms with Crippen LogP contribution in [0.15, 0.2) is 0 Å². The molecule has 1 aromatic rings. The number of hydrogen-bond donors (Lipinski definition) is 1. The van der Waals surface area contributed by atoms with E-state index >= 15 is 0 Å². The Balaban J connectivity index is 2.18. The van der Waals surface area contributed by atoms with Crippen LogP contribution >= 0.6 is 0 Å². The Kier molecular flexibility index (Phi) is 4.70. The van der Waals surface area contributed by atoms with E-state index in [9.17, 15) is 0 Å². The van der Waals surface area contributed by atoms with Crippen LogP contribution in [0.1, 0.15) is 67.2 Å². The maximum Gasteiger partial charge on any atom is 0.131 e. The Labute approximate surface area is 110 Å². The summed E-state index contributed by atoms with van der Waals surface area (Å²) in [5.41, 5.74) is 9.21. The molecule has 3 heteroatoms. The van der Waals surface area contributed by atoms with E-state index in [-0.39, 0.29) is 0 Å². The average Bonchev–Trinajstić information content (AvgIpc) is 2.39. The normalized spacial score (nSPS) is 17.1. The van der Waals surface area contributed by atoms with E-state index in [4.69, 9.17) is 15.7 Å². The van der Waals surface area contributed by atoms with Crippen molar-refractivity contribution >= 4 is 0 Å². The van der Waals surface area contributed by atoms with Crippen molar-refractivity contribution in [3.63, 3.8) is 0 Å². The highest BCUT2D eigenvalue weighted by Gasteiger charge is 2.19. The molecule has 1 aliphatic rings. The molecule has 1 aliphatic carbocycles. The van der Waals surface area contributed by atoms with Crippen LogP contribution in [0.3, 0.4) is 0 Å². The minimum atomic E-state index is 0.597. The van der Waals surface area contributed by atoms with Gasteiger partial charge in [-0.2, -0.15) is 0 Å². The van der Waals surface area contributed by atoms with Crippen LogP contribution in [0.25, 0.3) is 0 Å². The van der Waals surface area contributed by atoms with Crippen LogP contribution in [0.5, 0.6) is 0 Å². The third-order valence-corrected chi connectivity index (χ3v) is 4.04. The van der Waals surface area contributed by atoms with E-state index in [1.165, 1.54) is 37.7 Å². The quantitative estimate of drug-likeness (QED) is 0.889. The zero-order valence-electron chi connectivity index (χ0n) is 11.7. The summed E-state index contributed by atoms with van der Waals surface area (Å²) in [7, 11) is 0. The molecule has 1 aromatic heterocycles. The molecule has 0 unspecified atom stereocenters. The number of nitrogens with two attached hydrogens (primary N) is 1. The summed E-state index contributed by atoms with van der Waals surface area (Å²) in [6, 6.07) is 0. The van der Waals surface area contributed by atoms with Gasteiger partial charge in [0.05, 0.1) is 0 Å². The van der Waals surface area contributed by atoms with Crippen LogP contribution in [0.2, 0.25) is 0 Å². The highest BCUT2D eigenvalue weighted by Crippen LogP contribution is 2.31. The van der Waals surface area contributed by atoms with Crippen molar-refractivity contribution in [1.82, 2.24) is 9.97 Å². The van der Waals surface area contributed by atoms with Crippen LogP contribution < -0.4 is 5.73 Å². The molecule has 0 saturated heterocycles. The SMILES string of the molecule is Cc1nc(C2CCCCC2)nc(C)c1CCCN. The van der Waals surface area contributed by atoms with Gasteiger partial charge in [-0.15, -0.1) is 0 Å². The summed E-state index contributed by atoms with van der Waals surface area (Å²) in [4.78, 5) is 9.52. The second kappa shape index (κ2) is 6.28. The summed E-state index contributed by atoms with van der Waals surface area (Å²) >= 11 is 0. The summed E-state index contributed by atoms with van der Waals surface area (Å²) in [5.74, 6) is 1.68. The van der Waals surface area contributed by atoms with E-state index in [2.05, 4.69) is 13.8 Å². The van der Waals surface area contributed by atoms with E-state index in [1.807, 2.05) is 0 Å². The lowest BCUT2D eigenvalue weighted by Crippen LogP contribution is -2.13. The first kappa shape index (κ1) is 13.5. The van der Waals surface area contributed by atoms with Gasteiger partial charge in [0.2, 0.25) is 0 Å². The van der Waals surface area contributed by atoms with Crippen molar-refractivity contribution in [3.8, 4) is 0 Å². The molecule has 0 aliphatic heterocycles. The summed E-state index contributed by atoms with van der Waals surface area (Å²) in [6.45, 7) is 4.98. The van der Waals surface area contributed by atoms with Gasteiger partial charge in [0.25, 0.3) is 0 Å². The van der Waals surface area contributed by atoms with Crippen molar-refractivity contribution < 1.29 is 0 Å². The van der Waals surface area contributed by atoms with E-state index in [0.717, 1.165) is 36.6 Å². The first-order valence-electron chi connectivity index (χ1n) is 7.26. The molecule has 1 fully saturated rings. The molecule has 0 aromatic carbocycles. The Morgan fingerprint density at radius 1 is 1.06 bits per heavy atom. The molecule has 3 nitrogen and oxygen atoms in total. The monoisotopic (exact) mass is 247 g/mol. The first-order chi connectivity index (χ1) is 8.72. The third-order valence-electron chi connectivity index (χ3n) is 4.04. The summed E-state index contributed by atoms with van der Waals surface area (Å²) in [5, 5.41) is 0. The molecule has 0 radical (unpaired) electrons. The smallest absolute Gasteiger partial charge is 0.131 e. The Bertz CT molecular complexity index is 372. The van der Waals surface area contributed by atoms with Gasteiger partial charge in [0.1, 0.15) is 5.82 Å². The standard InChI is InChI=1S/C15H25N3/c1-11-14(9-6-10-16)12(2)18-15(17-11)13-7-4-3-5-8-13/h13H,3-10,16H2,1-2H3. The molecule has 2 rings (SSSR count). The number of nitrogens with zero attached hydrogens (tertiary/aromatic N) is 2. The molecule has 1 heterocycles.